The highest BCUT2D eigenvalue weighted by atomic mass is 14.1. The molecule has 12 heavy (non-hydrogen) atoms. The van der Waals surface area contributed by atoms with Crippen LogP contribution >= 0.6 is 0 Å². The number of allylic oxidation sites excluding steroid dienone is 3. The van der Waals surface area contributed by atoms with Crippen LogP contribution in [0.3, 0.4) is 0 Å². The molecule has 0 aliphatic heterocycles. The van der Waals surface area contributed by atoms with Gasteiger partial charge in [-0.25, -0.2) is 0 Å². The first-order valence-corrected chi connectivity index (χ1v) is 4.91. The average Bonchev–Trinajstić information content (AvgIpc) is 2.05. The molecule has 0 heteroatoms. The summed E-state index contributed by atoms with van der Waals surface area (Å²) in [5.74, 6) is 1.35. The van der Waals surface area contributed by atoms with Crippen LogP contribution in [0.5, 0.6) is 0 Å². The van der Waals surface area contributed by atoms with Crippen molar-refractivity contribution in [2.24, 2.45) is 11.8 Å². The molecule has 0 saturated heterocycles. The average molecular weight is 166 g/mol. The van der Waals surface area contributed by atoms with Gasteiger partial charge in [-0.1, -0.05) is 38.5 Å². The van der Waals surface area contributed by atoms with Gasteiger partial charge in [0.1, 0.15) is 0 Å². The van der Waals surface area contributed by atoms with Crippen LogP contribution in [-0.2, 0) is 0 Å². The molecule has 0 nitrogen and oxygen atoms in total. The van der Waals surface area contributed by atoms with Crippen LogP contribution in [0.15, 0.2) is 24.3 Å². The van der Waals surface area contributed by atoms with Gasteiger partial charge in [0.15, 0.2) is 0 Å². The minimum absolute atomic E-state index is 0.665. The summed E-state index contributed by atoms with van der Waals surface area (Å²) in [4.78, 5) is 0. The lowest BCUT2D eigenvalue weighted by Gasteiger charge is -2.08. The summed E-state index contributed by atoms with van der Waals surface area (Å²) in [7, 11) is 0. The van der Waals surface area contributed by atoms with Crippen LogP contribution in [0.1, 0.15) is 40.5 Å². The summed E-state index contributed by atoms with van der Waals surface area (Å²) in [5, 5.41) is 0. The monoisotopic (exact) mass is 166 g/mol. The van der Waals surface area contributed by atoms with E-state index >= 15 is 0 Å². The van der Waals surface area contributed by atoms with E-state index in [1.165, 1.54) is 12.0 Å². The smallest absolute Gasteiger partial charge is 0.0204 e. The second-order valence-corrected chi connectivity index (χ2v) is 3.74. The maximum Gasteiger partial charge on any atom is -0.0204 e. The predicted octanol–water partition coefficient (Wildman–Crippen LogP) is 4.19. The third-order valence-electron chi connectivity index (χ3n) is 2.51. The molecule has 0 bridgehead atoms. The Balaban J connectivity index is 3.92. The number of hydrogen-bond donors (Lipinski definition) is 0. The third-order valence-corrected chi connectivity index (χ3v) is 2.51. The van der Waals surface area contributed by atoms with Crippen molar-refractivity contribution in [3.05, 3.63) is 24.3 Å². The van der Waals surface area contributed by atoms with Crippen molar-refractivity contribution >= 4 is 0 Å². The summed E-state index contributed by atoms with van der Waals surface area (Å²) in [6.45, 7) is 12.7. The van der Waals surface area contributed by atoms with Crippen LogP contribution in [0.2, 0.25) is 0 Å². The van der Waals surface area contributed by atoms with Crippen molar-refractivity contribution in [3.8, 4) is 0 Å². The Morgan fingerprint density at radius 1 is 1.42 bits per heavy atom. The molecular formula is C12H22. The van der Waals surface area contributed by atoms with Gasteiger partial charge in [0.25, 0.3) is 0 Å². The van der Waals surface area contributed by atoms with E-state index in [0.717, 1.165) is 6.42 Å². The quantitative estimate of drug-likeness (QED) is 0.537. The molecule has 0 saturated carbocycles. The molecule has 0 radical (unpaired) electrons. The molecule has 0 heterocycles. The Morgan fingerprint density at radius 2 is 2.00 bits per heavy atom. The van der Waals surface area contributed by atoms with Gasteiger partial charge < -0.3 is 0 Å². The molecule has 70 valence electrons. The highest BCUT2D eigenvalue weighted by molar-refractivity contribution is 5.02. The topological polar surface area (TPSA) is 0 Å². The van der Waals surface area contributed by atoms with Crippen LogP contribution in [0.25, 0.3) is 0 Å². The maximum absolute atomic E-state index is 3.83. The van der Waals surface area contributed by atoms with Gasteiger partial charge in [0, 0.05) is 0 Å². The predicted molar refractivity (Wildman–Crippen MR) is 57.2 cm³/mol. The van der Waals surface area contributed by atoms with Crippen molar-refractivity contribution in [1.82, 2.24) is 0 Å². The molecule has 0 rings (SSSR count). The standard InChI is InChI=1S/C12H22/c1-6-12(7-2)9-8-11(5)10(3)4/h6,8,10,12H,1,7,9H2,2-5H3. The molecule has 0 aliphatic carbocycles. The van der Waals surface area contributed by atoms with Crippen molar-refractivity contribution in [1.29, 1.82) is 0 Å². The normalized spacial score (nSPS) is 14.9. The number of hydrogen-bond acceptors (Lipinski definition) is 0. The van der Waals surface area contributed by atoms with Gasteiger partial charge in [-0.3, -0.25) is 0 Å². The molecular weight excluding hydrogens is 144 g/mol. The molecule has 0 aromatic rings. The zero-order valence-electron chi connectivity index (χ0n) is 8.93. The van der Waals surface area contributed by atoms with Crippen molar-refractivity contribution < 1.29 is 0 Å². The Bertz CT molecular complexity index is 151. The second-order valence-electron chi connectivity index (χ2n) is 3.74. The maximum atomic E-state index is 3.83. The molecule has 0 aromatic carbocycles. The molecule has 1 atom stereocenters. The summed E-state index contributed by atoms with van der Waals surface area (Å²) in [6.07, 6.45) is 6.76. The van der Waals surface area contributed by atoms with E-state index in [0.29, 0.717) is 11.8 Å². The first kappa shape index (κ1) is 11.5. The van der Waals surface area contributed by atoms with Crippen molar-refractivity contribution in [2.75, 3.05) is 0 Å². The van der Waals surface area contributed by atoms with Gasteiger partial charge in [0.2, 0.25) is 0 Å². The van der Waals surface area contributed by atoms with Crippen LogP contribution in [0.4, 0.5) is 0 Å². The zero-order valence-corrected chi connectivity index (χ0v) is 8.93. The SMILES string of the molecule is C=CC(CC)CC=C(C)C(C)C. The lowest BCUT2D eigenvalue weighted by atomic mass is 9.98. The van der Waals surface area contributed by atoms with Gasteiger partial charge in [-0.2, -0.15) is 0 Å². The Morgan fingerprint density at radius 3 is 2.33 bits per heavy atom. The van der Waals surface area contributed by atoms with E-state index in [9.17, 15) is 0 Å². The van der Waals surface area contributed by atoms with E-state index in [2.05, 4.69) is 46.4 Å². The molecule has 0 aliphatic rings. The van der Waals surface area contributed by atoms with E-state index in [1.807, 2.05) is 0 Å². The summed E-state index contributed by atoms with van der Waals surface area (Å²) >= 11 is 0. The first-order chi connectivity index (χ1) is 5.61. The van der Waals surface area contributed by atoms with Gasteiger partial charge >= 0.3 is 0 Å². The molecule has 0 spiro atoms. The fourth-order valence-electron chi connectivity index (χ4n) is 1.00. The lowest BCUT2D eigenvalue weighted by molar-refractivity contribution is 0.630. The van der Waals surface area contributed by atoms with E-state index < -0.39 is 0 Å². The Kier molecular flexibility index (Phi) is 5.79. The minimum Gasteiger partial charge on any atom is -0.103 e. The molecule has 0 N–H and O–H groups in total. The Hall–Kier alpha value is -0.520. The molecule has 0 fully saturated rings. The minimum atomic E-state index is 0.665. The highest BCUT2D eigenvalue weighted by Gasteiger charge is 2.00. The fourth-order valence-corrected chi connectivity index (χ4v) is 1.00. The highest BCUT2D eigenvalue weighted by Crippen LogP contribution is 2.15. The van der Waals surface area contributed by atoms with Crippen molar-refractivity contribution in [3.63, 3.8) is 0 Å². The van der Waals surface area contributed by atoms with Crippen LogP contribution in [0, 0.1) is 11.8 Å². The summed E-state index contributed by atoms with van der Waals surface area (Å²) < 4.78 is 0. The van der Waals surface area contributed by atoms with Gasteiger partial charge in [0.05, 0.1) is 0 Å². The van der Waals surface area contributed by atoms with Gasteiger partial charge in [-0.15, -0.1) is 6.58 Å². The van der Waals surface area contributed by atoms with Crippen molar-refractivity contribution in [2.45, 2.75) is 40.5 Å². The summed E-state index contributed by atoms with van der Waals surface area (Å²) in [5.41, 5.74) is 1.50. The fraction of sp³-hybridized carbons (Fsp3) is 0.667. The van der Waals surface area contributed by atoms with E-state index in [-0.39, 0.29) is 0 Å². The molecule has 0 amide bonds. The zero-order chi connectivity index (χ0) is 9.56. The van der Waals surface area contributed by atoms with E-state index in [1.54, 1.807) is 0 Å². The Labute approximate surface area is 77.4 Å². The lowest BCUT2D eigenvalue weighted by Crippen LogP contribution is -1.94. The van der Waals surface area contributed by atoms with Crippen LogP contribution in [-0.4, -0.2) is 0 Å². The summed E-state index contributed by atoms with van der Waals surface area (Å²) in [6, 6.07) is 0. The largest absolute Gasteiger partial charge is 0.103 e. The number of rotatable bonds is 5. The molecule has 0 aromatic heterocycles. The second kappa shape index (κ2) is 6.05. The van der Waals surface area contributed by atoms with Crippen LogP contribution < -0.4 is 0 Å². The third kappa shape index (κ3) is 4.38. The molecule has 1 unspecified atom stereocenters. The first-order valence-electron chi connectivity index (χ1n) is 4.91. The van der Waals surface area contributed by atoms with E-state index in [4.69, 9.17) is 0 Å². The van der Waals surface area contributed by atoms with Gasteiger partial charge in [-0.05, 0) is 31.6 Å².